The van der Waals surface area contributed by atoms with Crippen LogP contribution in [0.15, 0.2) is 54.6 Å². The average molecular weight is 440 g/mol. The summed E-state index contributed by atoms with van der Waals surface area (Å²) >= 11 is 0. The molecule has 0 atom stereocenters. The minimum Gasteiger partial charge on any atom is -0.481 e. The first-order valence-electron chi connectivity index (χ1n) is 11.4. The Labute approximate surface area is 189 Å². The number of carbonyl (C=O) groups is 1. The molecule has 0 aliphatic heterocycles. The largest absolute Gasteiger partial charge is 2.00 e. The van der Waals surface area contributed by atoms with Crippen LogP contribution in [0.2, 0.25) is 0 Å². The van der Waals surface area contributed by atoms with Gasteiger partial charge in [-0.15, -0.1) is 0 Å². The SMILES string of the molecule is O=C(O)CCCCCCCCCCCCCCCc1ccc[cH-]1.[Fe+2].c1cc[cH-]c1. The van der Waals surface area contributed by atoms with Crippen LogP contribution in [0.5, 0.6) is 0 Å². The van der Waals surface area contributed by atoms with E-state index in [2.05, 4.69) is 24.3 Å². The van der Waals surface area contributed by atoms with E-state index in [-0.39, 0.29) is 17.1 Å². The van der Waals surface area contributed by atoms with Crippen molar-refractivity contribution < 1.29 is 27.0 Å². The summed E-state index contributed by atoms with van der Waals surface area (Å²) < 4.78 is 0. The van der Waals surface area contributed by atoms with Gasteiger partial charge in [-0.1, -0.05) is 83.5 Å². The first-order valence-corrected chi connectivity index (χ1v) is 11.4. The van der Waals surface area contributed by atoms with E-state index in [4.69, 9.17) is 5.11 Å². The van der Waals surface area contributed by atoms with Crippen LogP contribution >= 0.6 is 0 Å². The topological polar surface area (TPSA) is 37.3 Å². The van der Waals surface area contributed by atoms with E-state index in [0.717, 1.165) is 12.8 Å². The Hall–Kier alpha value is -1.31. The fourth-order valence-corrected chi connectivity index (χ4v) is 3.45. The second-order valence-corrected chi connectivity index (χ2v) is 7.75. The van der Waals surface area contributed by atoms with Gasteiger partial charge in [0.05, 0.1) is 0 Å². The van der Waals surface area contributed by atoms with Crippen LogP contribution in [0.4, 0.5) is 0 Å². The maximum atomic E-state index is 10.4. The van der Waals surface area contributed by atoms with Gasteiger partial charge in [0.2, 0.25) is 0 Å². The minimum absolute atomic E-state index is 0. The summed E-state index contributed by atoms with van der Waals surface area (Å²) in [4.78, 5) is 10.4. The molecule has 0 amide bonds. The van der Waals surface area contributed by atoms with Crippen LogP contribution in [-0.4, -0.2) is 11.1 Å². The Kier molecular flexibility index (Phi) is 20.4. The predicted molar refractivity (Wildman–Crippen MR) is 120 cm³/mol. The van der Waals surface area contributed by atoms with Crippen molar-refractivity contribution >= 4 is 5.97 Å². The molecule has 29 heavy (non-hydrogen) atoms. The maximum absolute atomic E-state index is 10.4. The Balaban J connectivity index is 0.00000113. The van der Waals surface area contributed by atoms with Gasteiger partial charge in [0.25, 0.3) is 0 Å². The van der Waals surface area contributed by atoms with E-state index in [1.54, 1.807) is 0 Å². The molecule has 164 valence electrons. The van der Waals surface area contributed by atoms with Crippen LogP contribution in [0.25, 0.3) is 0 Å². The van der Waals surface area contributed by atoms with E-state index in [1.807, 2.05) is 30.3 Å². The third-order valence-electron chi connectivity index (χ3n) is 5.14. The number of hydrogen-bond acceptors (Lipinski definition) is 1. The van der Waals surface area contributed by atoms with Gasteiger partial charge in [-0.3, -0.25) is 4.79 Å². The molecule has 3 heteroatoms. The Morgan fingerprint density at radius 3 is 1.55 bits per heavy atom. The number of rotatable bonds is 16. The third kappa shape index (κ3) is 19.8. The zero-order chi connectivity index (χ0) is 20.1. The fourth-order valence-electron chi connectivity index (χ4n) is 3.45. The van der Waals surface area contributed by atoms with Gasteiger partial charge in [-0.25, -0.2) is 24.3 Å². The smallest absolute Gasteiger partial charge is 0.481 e. The average Bonchev–Trinajstić information content (AvgIpc) is 3.41. The molecule has 0 bridgehead atoms. The Morgan fingerprint density at radius 1 is 0.690 bits per heavy atom. The number of hydrogen-bond donors (Lipinski definition) is 1. The summed E-state index contributed by atoms with van der Waals surface area (Å²) in [5.41, 5.74) is 1.49. The zero-order valence-corrected chi connectivity index (χ0v) is 19.1. The van der Waals surface area contributed by atoms with Gasteiger partial charge in [0.1, 0.15) is 0 Å². The molecule has 0 aromatic heterocycles. The monoisotopic (exact) mass is 440 g/mol. The molecule has 0 saturated carbocycles. The minimum atomic E-state index is -0.657. The van der Waals surface area contributed by atoms with Crippen LogP contribution in [0.1, 0.15) is 95.5 Å². The molecular formula is C26H40FeO2. The summed E-state index contributed by atoms with van der Waals surface area (Å²) in [6, 6.07) is 18.7. The van der Waals surface area contributed by atoms with E-state index in [0.29, 0.717) is 6.42 Å². The Morgan fingerprint density at radius 2 is 1.17 bits per heavy atom. The van der Waals surface area contributed by atoms with Gasteiger partial charge in [0.15, 0.2) is 0 Å². The molecule has 2 nitrogen and oxygen atoms in total. The summed E-state index contributed by atoms with van der Waals surface area (Å²) in [5, 5.41) is 8.55. The summed E-state index contributed by atoms with van der Waals surface area (Å²) in [6.45, 7) is 0. The van der Waals surface area contributed by atoms with E-state index >= 15 is 0 Å². The van der Waals surface area contributed by atoms with Gasteiger partial charge in [-0.05, 0) is 6.42 Å². The van der Waals surface area contributed by atoms with Gasteiger partial charge >= 0.3 is 23.0 Å². The van der Waals surface area contributed by atoms with Crippen molar-refractivity contribution in [3.05, 3.63) is 60.2 Å². The molecule has 0 heterocycles. The zero-order valence-electron chi connectivity index (χ0n) is 18.0. The fraction of sp³-hybridized carbons (Fsp3) is 0.577. The number of carboxylic acids is 1. The third-order valence-corrected chi connectivity index (χ3v) is 5.14. The standard InChI is InChI=1S/C21H35O2.C5H5.Fe/c22-21(23)19-13-11-9-7-5-3-1-2-4-6-8-10-12-16-20-17-14-15-18-20;1-2-4-5-3-1;/h14-15,17-18H,1-13,16,19H2,(H,22,23);1-5H;/q2*-1;+2. The van der Waals surface area contributed by atoms with Crippen molar-refractivity contribution in [1.29, 1.82) is 0 Å². The first-order chi connectivity index (χ1) is 13.8. The van der Waals surface area contributed by atoms with Crippen LogP contribution in [-0.2, 0) is 28.3 Å². The molecule has 0 unspecified atom stereocenters. The number of carboxylic acid groups (broad SMARTS) is 1. The molecule has 1 N–H and O–H groups in total. The molecule has 0 fully saturated rings. The van der Waals surface area contributed by atoms with Gasteiger partial charge in [-0.2, -0.15) is 35.9 Å². The molecular weight excluding hydrogens is 400 g/mol. The van der Waals surface area contributed by atoms with Gasteiger partial charge in [0, 0.05) is 6.42 Å². The molecule has 0 spiro atoms. The summed E-state index contributed by atoms with van der Waals surface area (Å²) in [7, 11) is 0. The number of aryl methyl sites for hydroxylation is 1. The van der Waals surface area contributed by atoms with Crippen molar-refractivity contribution in [3.8, 4) is 0 Å². The second kappa shape index (κ2) is 21.4. The van der Waals surface area contributed by atoms with Crippen LogP contribution in [0, 0.1) is 0 Å². The van der Waals surface area contributed by atoms with Crippen molar-refractivity contribution in [2.45, 2.75) is 96.3 Å². The van der Waals surface area contributed by atoms with Crippen molar-refractivity contribution in [2.75, 3.05) is 0 Å². The molecule has 0 saturated heterocycles. The Bertz CT molecular complexity index is 514. The molecule has 0 radical (unpaired) electrons. The molecule has 0 aliphatic rings. The van der Waals surface area contributed by atoms with Crippen molar-refractivity contribution in [2.24, 2.45) is 0 Å². The maximum Gasteiger partial charge on any atom is 2.00 e. The number of unbranched alkanes of at least 4 members (excludes halogenated alkanes) is 12. The molecule has 0 aliphatic carbocycles. The quantitative estimate of drug-likeness (QED) is 0.164. The molecule has 2 aromatic rings. The van der Waals surface area contributed by atoms with E-state index in [1.165, 1.54) is 82.6 Å². The molecule has 2 rings (SSSR count). The normalized spacial score (nSPS) is 10.1. The second-order valence-electron chi connectivity index (χ2n) is 7.75. The van der Waals surface area contributed by atoms with Crippen molar-refractivity contribution in [1.82, 2.24) is 0 Å². The number of aliphatic carboxylic acids is 1. The molecule has 2 aromatic carbocycles. The van der Waals surface area contributed by atoms with Crippen LogP contribution < -0.4 is 0 Å². The predicted octanol–water partition coefficient (Wildman–Crippen LogP) is 7.90. The van der Waals surface area contributed by atoms with Gasteiger partial charge < -0.3 is 5.11 Å². The van der Waals surface area contributed by atoms with E-state index in [9.17, 15) is 4.79 Å². The van der Waals surface area contributed by atoms with Crippen LogP contribution in [0.3, 0.4) is 0 Å². The van der Waals surface area contributed by atoms with Crippen molar-refractivity contribution in [3.63, 3.8) is 0 Å². The summed E-state index contributed by atoms with van der Waals surface area (Å²) in [6.07, 6.45) is 18.4. The van der Waals surface area contributed by atoms with E-state index < -0.39 is 5.97 Å². The summed E-state index contributed by atoms with van der Waals surface area (Å²) in [5.74, 6) is -0.657. The first kappa shape index (κ1) is 27.7.